The molecule has 0 aromatic heterocycles. The third kappa shape index (κ3) is 5.53. The summed E-state index contributed by atoms with van der Waals surface area (Å²) < 4.78 is 16.0. The zero-order chi connectivity index (χ0) is 18.2. The number of nitrogens with one attached hydrogen (secondary N) is 2. The van der Waals surface area contributed by atoms with Gasteiger partial charge in [-0.25, -0.2) is 4.79 Å². The highest BCUT2D eigenvalue weighted by molar-refractivity contribution is 5.74. The molecule has 0 aliphatic carbocycles. The van der Waals surface area contributed by atoms with Gasteiger partial charge in [-0.05, 0) is 36.5 Å². The number of methoxy groups -OCH3 is 2. The van der Waals surface area contributed by atoms with Gasteiger partial charge in [0.05, 0.1) is 14.2 Å². The van der Waals surface area contributed by atoms with Crippen molar-refractivity contribution in [3.8, 4) is 11.5 Å². The molecule has 0 spiro atoms. The van der Waals surface area contributed by atoms with Crippen molar-refractivity contribution in [3.63, 3.8) is 0 Å². The molecule has 1 heterocycles. The molecule has 1 unspecified atom stereocenters. The van der Waals surface area contributed by atoms with Crippen LogP contribution in [0.5, 0.6) is 11.5 Å². The molecule has 6 heteroatoms. The Labute approximate surface area is 150 Å². The van der Waals surface area contributed by atoms with Crippen LogP contribution < -0.4 is 20.1 Å². The number of benzene rings is 1. The fourth-order valence-electron chi connectivity index (χ4n) is 3.10. The second kappa shape index (κ2) is 9.51. The van der Waals surface area contributed by atoms with Crippen molar-refractivity contribution in [3.05, 3.63) is 23.8 Å². The molecule has 6 nitrogen and oxygen atoms in total. The van der Waals surface area contributed by atoms with E-state index in [4.69, 9.17) is 14.2 Å². The lowest BCUT2D eigenvalue weighted by molar-refractivity contribution is 0.0800. The summed E-state index contributed by atoms with van der Waals surface area (Å²) in [5, 5.41) is 6.04. The highest BCUT2D eigenvalue weighted by Gasteiger charge is 2.20. The van der Waals surface area contributed by atoms with Crippen molar-refractivity contribution in [1.82, 2.24) is 10.6 Å². The molecule has 1 aromatic rings. The van der Waals surface area contributed by atoms with Gasteiger partial charge in [-0.1, -0.05) is 19.9 Å². The largest absolute Gasteiger partial charge is 0.493 e. The van der Waals surface area contributed by atoms with Crippen molar-refractivity contribution in [2.45, 2.75) is 38.6 Å². The van der Waals surface area contributed by atoms with E-state index in [1.54, 1.807) is 14.2 Å². The number of carbonyl (C=O) groups excluding carboxylic acids is 1. The molecular formula is C19H30N2O4. The lowest BCUT2D eigenvalue weighted by atomic mass is 9.88. The van der Waals surface area contributed by atoms with Crippen LogP contribution in [0.4, 0.5) is 4.79 Å². The Kier molecular flexibility index (Phi) is 7.37. The summed E-state index contributed by atoms with van der Waals surface area (Å²) >= 11 is 0. The van der Waals surface area contributed by atoms with Gasteiger partial charge in [0.1, 0.15) is 0 Å². The third-order valence-corrected chi connectivity index (χ3v) is 4.68. The Hall–Kier alpha value is -1.95. The zero-order valence-electron chi connectivity index (χ0n) is 15.6. The van der Waals surface area contributed by atoms with E-state index in [0.717, 1.165) is 18.4 Å². The normalized spacial score (nSPS) is 16.4. The molecule has 1 aromatic carbocycles. The Morgan fingerprint density at radius 2 is 1.88 bits per heavy atom. The number of hydrogen-bond acceptors (Lipinski definition) is 4. The molecule has 0 bridgehead atoms. The Morgan fingerprint density at radius 3 is 2.48 bits per heavy atom. The molecule has 1 aliphatic rings. The Bertz CT molecular complexity index is 556. The van der Waals surface area contributed by atoms with Gasteiger partial charge in [0, 0.05) is 31.7 Å². The van der Waals surface area contributed by atoms with Crippen molar-refractivity contribution in [1.29, 1.82) is 0 Å². The first kappa shape index (κ1) is 19.4. The van der Waals surface area contributed by atoms with Crippen LogP contribution in [0.2, 0.25) is 0 Å². The van der Waals surface area contributed by atoms with Gasteiger partial charge < -0.3 is 24.8 Å². The van der Waals surface area contributed by atoms with Gasteiger partial charge in [0.15, 0.2) is 11.5 Å². The predicted octanol–water partition coefficient (Wildman–Crippen LogP) is 2.92. The van der Waals surface area contributed by atoms with Crippen molar-refractivity contribution >= 4 is 6.03 Å². The zero-order valence-corrected chi connectivity index (χ0v) is 15.6. The van der Waals surface area contributed by atoms with Gasteiger partial charge in [0.2, 0.25) is 0 Å². The van der Waals surface area contributed by atoms with Crippen LogP contribution in [0.15, 0.2) is 18.2 Å². The summed E-state index contributed by atoms with van der Waals surface area (Å²) in [7, 11) is 3.26. The summed E-state index contributed by atoms with van der Waals surface area (Å²) in [6.45, 7) is 6.30. The van der Waals surface area contributed by atoms with Crippen molar-refractivity contribution in [2.75, 3.05) is 34.0 Å². The molecule has 140 valence electrons. The van der Waals surface area contributed by atoms with E-state index in [0.29, 0.717) is 37.2 Å². The summed E-state index contributed by atoms with van der Waals surface area (Å²) in [5.41, 5.74) is 1.12. The number of urea groups is 1. The minimum atomic E-state index is -0.113. The molecule has 2 N–H and O–H groups in total. The molecular weight excluding hydrogens is 320 g/mol. The van der Waals surface area contributed by atoms with E-state index >= 15 is 0 Å². The molecule has 1 atom stereocenters. The molecule has 2 rings (SSSR count). The molecule has 1 saturated heterocycles. The molecule has 0 radical (unpaired) electrons. The van der Waals surface area contributed by atoms with Crippen LogP contribution in [0.3, 0.4) is 0 Å². The van der Waals surface area contributed by atoms with E-state index in [1.165, 1.54) is 0 Å². The first-order chi connectivity index (χ1) is 12.0. The number of hydrogen-bond donors (Lipinski definition) is 2. The van der Waals surface area contributed by atoms with E-state index in [9.17, 15) is 4.79 Å². The van der Waals surface area contributed by atoms with Crippen LogP contribution in [0.1, 0.15) is 38.2 Å². The van der Waals surface area contributed by atoms with E-state index in [-0.39, 0.29) is 18.0 Å². The highest BCUT2D eigenvalue weighted by Crippen LogP contribution is 2.33. The monoisotopic (exact) mass is 350 g/mol. The van der Waals surface area contributed by atoms with Gasteiger partial charge in [-0.15, -0.1) is 0 Å². The Morgan fingerprint density at radius 1 is 1.20 bits per heavy atom. The minimum absolute atomic E-state index is 0.113. The first-order valence-corrected chi connectivity index (χ1v) is 8.89. The van der Waals surface area contributed by atoms with E-state index < -0.39 is 0 Å². The maximum atomic E-state index is 12.2. The van der Waals surface area contributed by atoms with Gasteiger partial charge in [0.25, 0.3) is 0 Å². The summed E-state index contributed by atoms with van der Waals surface area (Å²) in [5.74, 6) is 1.98. The van der Waals surface area contributed by atoms with Crippen LogP contribution in [0, 0.1) is 5.92 Å². The lowest BCUT2D eigenvalue weighted by Crippen LogP contribution is -2.45. The van der Waals surface area contributed by atoms with Gasteiger partial charge in [-0.2, -0.15) is 0 Å². The second-order valence-corrected chi connectivity index (χ2v) is 6.71. The molecule has 2 amide bonds. The standard InChI is InChI=1S/C19H30N2O4/c1-13(2)16(14-5-6-17(23-3)18(11-14)24-4)12-20-19(22)21-15-7-9-25-10-8-15/h5-6,11,13,15-16H,7-10,12H2,1-4H3,(H2,20,21,22). The van der Waals surface area contributed by atoms with Crippen LogP contribution in [0.25, 0.3) is 0 Å². The van der Waals surface area contributed by atoms with Gasteiger partial charge in [-0.3, -0.25) is 0 Å². The lowest BCUT2D eigenvalue weighted by Gasteiger charge is -2.26. The van der Waals surface area contributed by atoms with Crippen molar-refractivity contribution in [2.24, 2.45) is 5.92 Å². The highest BCUT2D eigenvalue weighted by atomic mass is 16.5. The van der Waals surface area contributed by atoms with Gasteiger partial charge >= 0.3 is 6.03 Å². The predicted molar refractivity (Wildman–Crippen MR) is 97.5 cm³/mol. The molecule has 25 heavy (non-hydrogen) atoms. The third-order valence-electron chi connectivity index (χ3n) is 4.68. The number of carbonyl (C=O) groups is 1. The second-order valence-electron chi connectivity index (χ2n) is 6.71. The maximum Gasteiger partial charge on any atom is 0.315 e. The van der Waals surface area contributed by atoms with Crippen LogP contribution in [-0.4, -0.2) is 46.1 Å². The maximum absolute atomic E-state index is 12.2. The first-order valence-electron chi connectivity index (χ1n) is 8.89. The van der Waals surface area contributed by atoms with E-state index in [2.05, 4.69) is 24.5 Å². The van der Waals surface area contributed by atoms with Crippen molar-refractivity contribution < 1.29 is 19.0 Å². The smallest absolute Gasteiger partial charge is 0.315 e. The summed E-state index contributed by atoms with van der Waals surface area (Å²) in [4.78, 5) is 12.2. The number of rotatable bonds is 7. The van der Waals surface area contributed by atoms with Crippen LogP contribution >= 0.6 is 0 Å². The fourth-order valence-corrected chi connectivity index (χ4v) is 3.10. The average molecular weight is 350 g/mol. The summed E-state index contributed by atoms with van der Waals surface area (Å²) in [6, 6.07) is 6.02. The SMILES string of the molecule is COc1ccc(C(CNC(=O)NC2CCOCC2)C(C)C)cc1OC. The average Bonchev–Trinajstić information content (AvgIpc) is 2.62. The molecule has 1 fully saturated rings. The summed E-state index contributed by atoms with van der Waals surface area (Å²) in [6.07, 6.45) is 1.74. The topological polar surface area (TPSA) is 68.8 Å². The Balaban J connectivity index is 1.97. The number of amides is 2. The van der Waals surface area contributed by atoms with Crippen LogP contribution in [-0.2, 0) is 4.74 Å². The fraction of sp³-hybridized carbons (Fsp3) is 0.632. The minimum Gasteiger partial charge on any atom is -0.493 e. The molecule has 1 aliphatic heterocycles. The quantitative estimate of drug-likeness (QED) is 0.793. The molecule has 0 saturated carbocycles. The van der Waals surface area contributed by atoms with E-state index in [1.807, 2.05) is 18.2 Å². The number of ether oxygens (including phenoxy) is 3.